The Bertz CT molecular complexity index is 1090. The highest BCUT2D eigenvalue weighted by molar-refractivity contribution is 6.03. The number of pyridine rings is 1. The van der Waals surface area contributed by atoms with Crippen molar-refractivity contribution in [3.8, 4) is 5.75 Å². The van der Waals surface area contributed by atoms with Crippen LogP contribution in [-0.2, 0) is 17.8 Å². The fraction of sp³-hybridized carbons (Fsp3) is 0.435. The molecule has 0 unspecified atom stereocenters. The van der Waals surface area contributed by atoms with Gasteiger partial charge in [-0.1, -0.05) is 25.8 Å². The molecule has 3 rings (SSSR count). The van der Waals surface area contributed by atoms with Crippen molar-refractivity contribution >= 4 is 11.7 Å². The van der Waals surface area contributed by atoms with E-state index < -0.39 is 58.1 Å². The van der Waals surface area contributed by atoms with Gasteiger partial charge < -0.3 is 19.7 Å². The Morgan fingerprint density at radius 2 is 1.97 bits per heavy atom. The molecule has 1 aliphatic rings. The van der Waals surface area contributed by atoms with E-state index in [0.717, 1.165) is 25.0 Å². The molecule has 0 radical (unpaired) electrons. The van der Waals surface area contributed by atoms with Crippen molar-refractivity contribution in [1.29, 1.82) is 0 Å². The minimum absolute atomic E-state index is 0.147. The van der Waals surface area contributed by atoms with Gasteiger partial charge >= 0.3 is 0 Å². The molecule has 0 spiro atoms. The summed E-state index contributed by atoms with van der Waals surface area (Å²) in [6.07, 6.45) is 2.79. The highest BCUT2D eigenvalue weighted by atomic mass is 19.1. The summed E-state index contributed by atoms with van der Waals surface area (Å²) in [5.41, 5.74) is -2.92. The van der Waals surface area contributed by atoms with Crippen molar-refractivity contribution in [2.45, 2.75) is 52.3 Å². The van der Waals surface area contributed by atoms with Gasteiger partial charge in [-0.2, -0.15) is 0 Å². The van der Waals surface area contributed by atoms with Crippen molar-refractivity contribution in [1.82, 2.24) is 9.88 Å². The smallest absolute Gasteiger partial charge is 0.257 e. The number of carbonyl (C=O) groups is 2. The number of methoxy groups -OCH3 is 1. The number of nitrogens with zero attached hydrogens (tertiary/aromatic N) is 1. The van der Waals surface area contributed by atoms with Gasteiger partial charge in [0.25, 0.3) is 5.91 Å². The van der Waals surface area contributed by atoms with Gasteiger partial charge in [-0.3, -0.25) is 14.4 Å². The Balaban J connectivity index is 1.95. The summed E-state index contributed by atoms with van der Waals surface area (Å²) in [7, 11) is 1.48. The summed E-state index contributed by atoms with van der Waals surface area (Å²) < 4.78 is 34.5. The molecule has 1 amide bonds. The summed E-state index contributed by atoms with van der Waals surface area (Å²) in [5, 5.41) is 12.8. The quantitative estimate of drug-likeness (QED) is 0.678. The molecule has 0 saturated heterocycles. The number of carbonyl (C=O) groups excluding carboxylic acids is 2. The summed E-state index contributed by atoms with van der Waals surface area (Å²) in [5.74, 6) is -3.86. The van der Waals surface area contributed by atoms with Crippen LogP contribution in [0.4, 0.5) is 8.78 Å². The van der Waals surface area contributed by atoms with E-state index >= 15 is 0 Å². The molecule has 7 nitrogen and oxygen atoms in total. The summed E-state index contributed by atoms with van der Waals surface area (Å²) in [4.78, 5) is 38.6. The maximum atomic E-state index is 13.8. The summed E-state index contributed by atoms with van der Waals surface area (Å²) in [6, 6.07) is 3.30. The molecule has 1 aromatic heterocycles. The van der Waals surface area contributed by atoms with E-state index in [-0.39, 0.29) is 17.8 Å². The predicted molar refractivity (Wildman–Crippen MR) is 113 cm³/mol. The van der Waals surface area contributed by atoms with Crippen LogP contribution in [0.2, 0.25) is 0 Å². The van der Waals surface area contributed by atoms with Crippen molar-refractivity contribution in [2.24, 2.45) is 5.41 Å². The number of fused-ring (bicyclic) bond motifs is 1. The lowest BCUT2D eigenvalue weighted by Crippen LogP contribution is -2.49. The molecule has 172 valence electrons. The molecular formula is C23H26F2N2O5. The van der Waals surface area contributed by atoms with Gasteiger partial charge in [0.2, 0.25) is 5.43 Å². The zero-order valence-corrected chi connectivity index (χ0v) is 18.2. The van der Waals surface area contributed by atoms with Crippen LogP contribution in [0.25, 0.3) is 0 Å². The predicted octanol–water partition coefficient (Wildman–Crippen LogP) is 3.17. The first kappa shape index (κ1) is 23.6. The van der Waals surface area contributed by atoms with E-state index in [1.165, 1.54) is 23.9 Å². The fourth-order valence-corrected chi connectivity index (χ4v) is 4.11. The van der Waals surface area contributed by atoms with Crippen LogP contribution in [-0.4, -0.2) is 34.6 Å². The van der Waals surface area contributed by atoms with Crippen LogP contribution >= 0.6 is 0 Å². The third kappa shape index (κ3) is 4.04. The number of aromatic nitrogens is 1. The average molecular weight is 448 g/mol. The number of Topliss-reactive ketones (excluding diaryl/α,β-unsaturated/α-hetero) is 1. The van der Waals surface area contributed by atoms with Crippen LogP contribution in [0, 0.1) is 17.0 Å². The second kappa shape index (κ2) is 9.20. The van der Waals surface area contributed by atoms with Crippen LogP contribution in [0.1, 0.15) is 59.5 Å². The normalized spacial score (nSPS) is 20.2. The second-order valence-corrected chi connectivity index (χ2v) is 8.18. The number of aromatic hydroxyl groups is 1. The first-order chi connectivity index (χ1) is 15.2. The number of rotatable bonds is 7. The van der Waals surface area contributed by atoms with E-state index in [4.69, 9.17) is 4.74 Å². The van der Waals surface area contributed by atoms with Crippen LogP contribution < -0.4 is 10.7 Å². The van der Waals surface area contributed by atoms with Gasteiger partial charge in [0.15, 0.2) is 11.5 Å². The van der Waals surface area contributed by atoms with Crippen molar-refractivity contribution in [2.75, 3.05) is 7.11 Å². The zero-order chi connectivity index (χ0) is 23.6. The molecular weight excluding hydrogens is 422 g/mol. The molecule has 2 aromatic rings. The Morgan fingerprint density at radius 1 is 1.31 bits per heavy atom. The van der Waals surface area contributed by atoms with Crippen LogP contribution in [0.3, 0.4) is 0 Å². The third-order valence-electron chi connectivity index (χ3n) is 6.13. The van der Waals surface area contributed by atoms with Gasteiger partial charge in [-0.05, 0) is 25.5 Å². The van der Waals surface area contributed by atoms with Gasteiger partial charge in [0.05, 0.1) is 18.1 Å². The van der Waals surface area contributed by atoms with Crippen molar-refractivity contribution < 1.29 is 28.2 Å². The SMILES string of the molecule is CCCC[C@@]1(C)C(=O)c2c(O)c(=O)c(C(=O)NCc3c(F)cccc3F)cn2C[C@@H]1OC. The highest BCUT2D eigenvalue weighted by Crippen LogP contribution is 2.40. The number of benzene rings is 1. The summed E-state index contributed by atoms with van der Waals surface area (Å²) in [6.45, 7) is 3.39. The monoisotopic (exact) mass is 448 g/mol. The fourth-order valence-electron chi connectivity index (χ4n) is 4.11. The Kier molecular flexibility index (Phi) is 6.78. The van der Waals surface area contributed by atoms with Gasteiger partial charge in [0, 0.05) is 25.4 Å². The highest BCUT2D eigenvalue weighted by Gasteiger charge is 2.47. The largest absolute Gasteiger partial charge is 0.503 e. The lowest BCUT2D eigenvalue weighted by atomic mass is 9.72. The first-order valence-corrected chi connectivity index (χ1v) is 10.4. The molecule has 0 bridgehead atoms. The van der Waals surface area contributed by atoms with Crippen molar-refractivity contribution in [3.63, 3.8) is 0 Å². The zero-order valence-electron chi connectivity index (χ0n) is 18.2. The Hall–Kier alpha value is -3.07. The molecule has 0 saturated carbocycles. The molecule has 1 aliphatic heterocycles. The number of unbranched alkanes of at least 4 members (excludes halogenated alkanes) is 1. The number of ether oxygens (including phenoxy) is 1. The van der Waals surface area contributed by atoms with Gasteiger partial charge in [-0.25, -0.2) is 8.78 Å². The Labute approximate surface area is 184 Å². The maximum Gasteiger partial charge on any atom is 0.257 e. The second-order valence-electron chi connectivity index (χ2n) is 8.18. The minimum atomic E-state index is -1.02. The molecule has 9 heteroatoms. The number of ketones is 1. The van der Waals surface area contributed by atoms with E-state index in [2.05, 4.69) is 5.32 Å². The number of amides is 1. The van der Waals surface area contributed by atoms with E-state index in [1.54, 1.807) is 6.92 Å². The topological polar surface area (TPSA) is 97.6 Å². The molecule has 0 fully saturated rings. The standard InChI is InChI=1S/C23H26F2N2O5/c1-4-5-9-23(2)17(32-3)12-27-11-14(19(28)20(29)18(27)21(23)30)22(31)26-10-13-15(24)7-6-8-16(13)25/h6-8,11,17,29H,4-5,9-10,12H2,1-3H3,(H,26,31)/t17-,23+/m0/s1. The van der Waals surface area contributed by atoms with E-state index in [9.17, 15) is 28.3 Å². The molecule has 2 atom stereocenters. The molecule has 0 aliphatic carbocycles. The average Bonchev–Trinajstić information content (AvgIpc) is 2.76. The number of hydrogen-bond acceptors (Lipinski definition) is 5. The molecule has 2 N–H and O–H groups in total. The van der Waals surface area contributed by atoms with Crippen molar-refractivity contribution in [3.05, 3.63) is 63.1 Å². The molecule has 1 aromatic carbocycles. The molecule has 2 heterocycles. The number of hydrogen-bond donors (Lipinski definition) is 2. The van der Waals surface area contributed by atoms with Gasteiger partial charge in [0.1, 0.15) is 22.9 Å². The van der Waals surface area contributed by atoms with E-state index in [1.807, 2.05) is 6.92 Å². The summed E-state index contributed by atoms with van der Waals surface area (Å²) >= 11 is 0. The molecule has 32 heavy (non-hydrogen) atoms. The lowest BCUT2D eigenvalue weighted by molar-refractivity contribution is -0.0190. The van der Waals surface area contributed by atoms with Crippen LogP contribution in [0.15, 0.2) is 29.2 Å². The third-order valence-corrected chi connectivity index (χ3v) is 6.13. The van der Waals surface area contributed by atoms with Crippen LogP contribution in [0.5, 0.6) is 5.75 Å². The number of nitrogens with one attached hydrogen (secondary N) is 1. The Morgan fingerprint density at radius 3 is 2.56 bits per heavy atom. The number of halogens is 2. The van der Waals surface area contributed by atoms with E-state index in [0.29, 0.717) is 6.42 Å². The lowest BCUT2D eigenvalue weighted by Gasteiger charge is -2.41. The first-order valence-electron chi connectivity index (χ1n) is 10.4. The minimum Gasteiger partial charge on any atom is -0.503 e. The maximum absolute atomic E-state index is 13.8. The van der Waals surface area contributed by atoms with Gasteiger partial charge in [-0.15, -0.1) is 0 Å².